The van der Waals surface area contributed by atoms with Crippen LogP contribution in [0.4, 0.5) is 11.4 Å². The summed E-state index contributed by atoms with van der Waals surface area (Å²) >= 11 is 0. The van der Waals surface area contributed by atoms with Gasteiger partial charge in [0.25, 0.3) is 5.69 Å². The van der Waals surface area contributed by atoms with Gasteiger partial charge in [0.1, 0.15) is 5.78 Å². The molecule has 1 N–H and O–H groups in total. The Hall–Kier alpha value is -2.24. The van der Waals surface area contributed by atoms with Gasteiger partial charge in [-0.3, -0.25) is 19.7 Å². The molecule has 0 radical (unpaired) electrons. The molecule has 0 aliphatic heterocycles. The van der Waals surface area contributed by atoms with Gasteiger partial charge in [0.05, 0.1) is 4.92 Å². The number of hydrogen-bond donors (Lipinski definition) is 1. The molecule has 0 heterocycles. The monoisotopic (exact) mass is 302 g/mol. The van der Waals surface area contributed by atoms with Crippen LogP contribution in [0.15, 0.2) is 24.3 Å². The second kappa shape index (κ2) is 5.87. The van der Waals surface area contributed by atoms with Crippen molar-refractivity contribution in [2.75, 3.05) is 5.32 Å². The van der Waals surface area contributed by atoms with Gasteiger partial charge < -0.3 is 5.32 Å². The third kappa shape index (κ3) is 2.86. The molecule has 2 saturated carbocycles. The fourth-order valence-corrected chi connectivity index (χ4v) is 3.60. The zero-order chi connectivity index (χ0) is 15.7. The van der Waals surface area contributed by atoms with Crippen LogP contribution in [-0.4, -0.2) is 16.6 Å². The van der Waals surface area contributed by atoms with Crippen molar-refractivity contribution in [2.24, 2.45) is 17.8 Å². The molecule has 2 fully saturated rings. The van der Waals surface area contributed by atoms with Crippen molar-refractivity contribution in [3.05, 3.63) is 34.4 Å². The minimum absolute atomic E-state index is 0.00389. The molecule has 3 rings (SSSR count). The van der Waals surface area contributed by atoms with Crippen molar-refractivity contribution in [3.8, 4) is 0 Å². The van der Waals surface area contributed by atoms with E-state index >= 15 is 0 Å². The number of rotatable bonds is 3. The first-order chi connectivity index (χ1) is 10.5. The molecule has 0 aromatic heterocycles. The summed E-state index contributed by atoms with van der Waals surface area (Å²) in [6.07, 6.45) is 4.15. The first-order valence-corrected chi connectivity index (χ1v) is 7.63. The van der Waals surface area contributed by atoms with E-state index in [0.29, 0.717) is 24.3 Å². The molecule has 2 bridgehead atoms. The van der Waals surface area contributed by atoms with E-state index in [1.165, 1.54) is 24.3 Å². The predicted octanol–water partition coefficient (Wildman–Crippen LogP) is 2.93. The second-order valence-electron chi connectivity index (χ2n) is 6.19. The number of ketones is 1. The molecular formula is C16H18N2O4. The normalized spacial score (nSPS) is 27.3. The molecule has 2 aliphatic carbocycles. The van der Waals surface area contributed by atoms with Crippen molar-refractivity contribution < 1.29 is 14.5 Å². The number of nitrogens with zero attached hydrogens (tertiary/aromatic N) is 1. The fraction of sp³-hybridized carbons (Fsp3) is 0.500. The minimum atomic E-state index is -0.473. The highest BCUT2D eigenvalue weighted by molar-refractivity contribution is 5.95. The highest BCUT2D eigenvalue weighted by atomic mass is 16.6. The molecule has 2 aliphatic rings. The van der Waals surface area contributed by atoms with Crippen molar-refractivity contribution in [1.29, 1.82) is 0 Å². The number of nitro groups is 1. The number of hydrogen-bond acceptors (Lipinski definition) is 4. The lowest BCUT2D eigenvalue weighted by Crippen LogP contribution is -2.40. The zero-order valence-electron chi connectivity index (χ0n) is 12.2. The summed E-state index contributed by atoms with van der Waals surface area (Å²) in [6.45, 7) is 0. The van der Waals surface area contributed by atoms with E-state index in [9.17, 15) is 19.7 Å². The summed E-state index contributed by atoms with van der Waals surface area (Å²) in [5, 5.41) is 13.4. The quantitative estimate of drug-likeness (QED) is 0.686. The first kappa shape index (κ1) is 14.7. The number of anilines is 1. The SMILES string of the molecule is O=C(Nc1ccc([N+](=O)[O-])cc1)C1C[C@H]2CCC[C@@H](C1)C2=O. The number of nitro benzene ring substituents is 1. The van der Waals surface area contributed by atoms with Crippen molar-refractivity contribution in [1.82, 2.24) is 0 Å². The fourth-order valence-electron chi connectivity index (χ4n) is 3.60. The third-order valence-electron chi connectivity index (χ3n) is 4.76. The Kier molecular flexibility index (Phi) is 3.92. The van der Waals surface area contributed by atoms with Gasteiger partial charge in [-0.1, -0.05) is 6.42 Å². The number of amides is 1. The Morgan fingerprint density at radius 1 is 1.14 bits per heavy atom. The molecule has 1 amide bonds. The van der Waals surface area contributed by atoms with Crippen LogP contribution in [-0.2, 0) is 9.59 Å². The topological polar surface area (TPSA) is 89.3 Å². The van der Waals surface area contributed by atoms with Gasteiger partial charge in [0, 0.05) is 35.6 Å². The van der Waals surface area contributed by atoms with Gasteiger partial charge in [0.15, 0.2) is 0 Å². The second-order valence-corrected chi connectivity index (χ2v) is 6.19. The smallest absolute Gasteiger partial charge is 0.269 e. The lowest BCUT2D eigenvalue weighted by Gasteiger charge is -2.36. The highest BCUT2D eigenvalue weighted by Crippen LogP contribution is 2.40. The van der Waals surface area contributed by atoms with Crippen molar-refractivity contribution in [3.63, 3.8) is 0 Å². The molecule has 1 aromatic carbocycles. The van der Waals surface area contributed by atoms with Gasteiger partial charge >= 0.3 is 0 Å². The summed E-state index contributed by atoms with van der Waals surface area (Å²) in [4.78, 5) is 34.5. The molecule has 3 atom stereocenters. The maximum absolute atomic E-state index is 12.4. The molecule has 0 saturated heterocycles. The van der Waals surface area contributed by atoms with Crippen LogP contribution in [0.25, 0.3) is 0 Å². The largest absolute Gasteiger partial charge is 0.326 e. The Balaban J connectivity index is 1.64. The van der Waals surface area contributed by atoms with E-state index in [1.54, 1.807) is 0 Å². The van der Waals surface area contributed by atoms with Gasteiger partial charge in [-0.2, -0.15) is 0 Å². The molecule has 22 heavy (non-hydrogen) atoms. The number of benzene rings is 1. The highest BCUT2D eigenvalue weighted by Gasteiger charge is 2.41. The Morgan fingerprint density at radius 3 is 2.27 bits per heavy atom. The summed E-state index contributed by atoms with van der Waals surface area (Å²) in [7, 11) is 0. The van der Waals surface area contributed by atoms with Gasteiger partial charge in [-0.15, -0.1) is 0 Å². The van der Waals surface area contributed by atoms with E-state index in [4.69, 9.17) is 0 Å². The lowest BCUT2D eigenvalue weighted by atomic mass is 9.67. The number of carbonyl (C=O) groups is 2. The minimum Gasteiger partial charge on any atom is -0.326 e. The van der Waals surface area contributed by atoms with Gasteiger partial charge in [-0.25, -0.2) is 0 Å². The van der Waals surface area contributed by atoms with E-state index in [1.807, 2.05) is 0 Å². The van der Waals surface area contributed by atoms with Crippen molar-refractivity contribution >= 4 is 23.1 Å². The zero-order valence-corrected chi connectivity index (χ0v) is 12.2. The van der Waals surface area contributed by atoms with Crippen LogP contribution in [0.3, 0.4) is 0 Å². The summed E-state index contributed by atoms with van der Waals surface area (Å²) in [5.74, 6) is 0.201. The number of fused-ring (bicyclic) bond motifs is 2. The molecule has 116 valence electrons. The van der Waals surface area contributed by atoms with Crippen LogP contribution in [0.1, 0.15) is 32.1 Å². The molecule has 0 spiro atoms. The number of Topliss-reactive ketones (excluding diaryl/α,β-unsaturated/α-hetero) is 1. The number of carbonyl (C=O) groups excluding carboxylic acids is 2. The maximum Gasteiger partial charge on any atom is 0.269 e. The van der Waals surface area contributed by atoms with E-state index in [-0.39, 0.29) is 29.3 Å². The van der Waals surface area contributed by atoms with Crippen molar-refractivity contribution in [2.45, 2.75) is 32.1 Å². The van der Waals surface area contributed by atoms with Crippen LogP contribution < -0.4 is 5.32 Å². The van der Waals surface area contributed by atoms with E-state index in [2.05, 4.69) is 5.32 Å². The molecule has 6 nitrogen and oxygen atoms in total. The van der Waals surface area contributed by atoms with Crippen LogP contribution in [0, 0.1) is 27.9 Å². The van der Waals surface area contributed by atoms with Crippen LogP contribution in [0.2, 0.25) is 0 Å². The predicted molar refractivity (Wildman–Crippen MR) is 80.3 cm³/mol. The molecule has 1 unspecified atom stereocenters. The first-order valence-electron chi connectivity index (χ1n) is 7.63. The molecular weight excluding hydrogens is 284 g/mol. The lowest BCUT2D eigenvalue weighted by molar-refractivity contribution is -0.384. The Labute approximate surface area is 128 Å². The Morgan fingerprint density at radius 2 is 1.73 bits per heavy atom. The van der Waals surface area contributed by atoms with E-state index < -0.39 is 4.92 Å². The average Bonchev–Trinajstić information content (AvgIpc) is 2.47. The van der Waals surface area contributed by atoms with E-state index in [0.717, 1.165) is 19.3 Å². The summed E-state index contributed by atoms with van der Waals surface area (Å²) in [6, 6.07) is 5.80. The van der Waals surface area contributed by atoms with Gasteiger partial charge in [0.2, 0.25) is 5.91 Å². The molecule has 1 aromatic rings. The van der Waals surface area contributed by atoms with Crippen LogP contribution >= 0.6 is 0 Å². The average molecular weight is 302 g/mol. The number of nitrogens with one attached hydrogen (secondary N) is 1. The number of non-ortho nitro benzene ring substituents is 1. The molecule has 6 heteroatoms. The third-order valence-corrected chi connectivity index (χ3v) is 4.76. The Bertz CT molecular complexity index is 595. The van der Waals surface area contributed by atoms with Gasteiger partial charge in [-0.05, 0) is 37.8 Å². The summed E-state index contributed by atoms with van der Waals surface area (Å²) < 4.78 is 0. The standard InChI is InChI=1S/C16H18N2O4/c19-15-10-2-1-3-11(15)9-12(8-10)16(20)17-13-4-6-14(7-5-13)18(21)22/h4-7,10-12H,1-3,8-9H2,(H,17,20)/t10-,11+,12?. The van der Waals surface area contributed by atoms with Crippen LogP contribution in [0.5, 0.6) is 0 Å². The maximum atomic E-state index is 12.4. The summed E-state index contributed by atoms with van der Waals surface area (Å²) in [5.41, 5.74) is 0.549.